The number of aryl methyl sites for hydroxylation is 1. The molecule has 0 amide bonds. The van der Waals surface area contributed by atoms with Crippen molar-refractivity contribution >= 4 is 10.9 Å². The minimum atomic E-state index is -0.179. The second-order valence-corrected chi connectivity index (χ2v) is 5.97. The number of hydrogen-bond donors (Lipinski definition) is 2. The Labute approximate surface area is 125 Å². The van der Waals surface area contributed by atoms with E-state index in [2.05, 4.69) is 39.9 Å². The van der Waals surface area contributed by atoms with Crippen LogP contribution in [-0.2, 0) is 13.1 Å². The number of hydrogen-bond acceptors (Lipinski definition) is 3. The zero-order valence-corrected chi connectivity index (χ0v) is 12.4. The number of para-hydroxylation sites is 1. The minimum absolute atomic E-state index is 0.179. The first-order chi connectivity index (χ1) is 10.3. The Bertz CT molecular complexity index is 593. The molecule has 21 heavy (non-hydrogen) atoms. The van der Waals surface area contributed by atoms with Crippen LogP contribution in [-0.4, -0.2) is 45.5 Å². The topological polar surface area (TPSA) is 48.6 Å². The lowest BCUT2D eigenvalue weighted by Gasteiger charge is -2.29. The average molecular weight is 288 g/mol. The zero-order valence-electron chi connectivity index (χ0n) is 12.4. The van der Waals surface area contributed by atoms with Crippen molar-refractivity contribution in [2.45, 2.75) is 38.5 Å². The van der Waals surface area contributed by atoms with E-state index in [9.17, 15) is 5.11 Å². The number of piperidine rings is 1. The van der Waals surface area contributed by atoms with Crippen molar-refractivity contribution in [2.75, 3.05) is 19.7 Å². The van der Waals surface area contributed by atoms with E-state index in [-0.39, 0.29) is 12.7 Å². The molecule has 2 N–H and O–H groups in total. The van der Waals surface area contributed by atoms with E-state index in [1.165, 1.54) is 16.5 Å². The van der Waals surface area contributed by atoms with E-state index < -0.39 is 0 Å². The van der Waals surface area contributed by atoms with Crippen LogP contribution >= 0.6 is 0 Å². The second kappa shape index (κ2) is 6.60. The monoisotopic (exact) mass is 288 g/mol. The fourth-order valence-corrected chi connectivity index (χ4v) is 3.29. The third kappa shape index (κ3) is 3.28. The second-order valence-electron chi connectivity index (χ2n) is 5.97. The summed E-state index contributed by atoms with van der Waals surface area (Å²) in [5, 5.41) is 20.2. The Morgan fingerprint density at radius 1 is 1.24 bits per heavy atom. The van der Waals surface area contributed by atoms with Gasteiger partial charge in [0.15, 0.2) is 0 Å². The summed E-state index contributed by atoms with van der Waals surface area (Å²) < 4.78 is 2.24. The van der Waals surface area contributed by atoms with Crippen LogP contribution < -0.4 is 0 Å². The molecule has 0 saturated carbocycles. The Kier molecular flexibility index (Phi) is 4.58. The number of β-amino-alcohol motifs (C(OH)–C–C–N with tert-alkyl or cyclic N) is 1. The summed E-state index contributed by atoms with van der Waals surface area (Å²) in [6.45, 7) is 3.80. The number of aliphatic hydroxyl groups excluding tert-OH is 2. The molecule has 1 saturated heterocycles. The molecule has 1 aromatic heterocycles. The molecule has 2 heterocycles. The molecule has 114 valence electrons. The summed E-state index contributed by atoms with van der Waals surface area (Å²) in [5.41, 5.74) is 2.55. The number of aromatic nitrogens is 1. The van der Waals surface area contributed by atoms with Gasteiger partial charge in [-0.3, -0.25) is 4.90 Å². The molecule has 1 fully saturated rings. The number of nitrogens with zero attached hydrogens (tertiary/aromatic N) is 2. The van der Waals surface area contributed by atoms with E-state index in [1.807, 2.05) is 0 Å². The van der Waals surface area contributed by atoms with Crippen LogP contribution in [0.4, 0.5) is 0 Å². The van der Waals surface area contributed by atoms with Crippen molar-refractivity contribution in [2.24, 2.45) is 0 Å². The highest BCUT2D eigenvalue weighted by Gasteiger charge is 2.19. The van der Waals surface area contributed by atoms with E-state index in [0.717, 1.165) is 45.4 Å². The summed E-state index contributed by atoms with van der Waals surface area (Å²) in [7, 11) is 0. The first kappa shape index (κ1) is 14.6. The molecular formula is C17H24N2O2. The molecule has 2 aromatic rings. The highest BCUT2D eigenvalue weighted by molar-refractivity contribution is 5.83. The Morgan fingerprint density at radius 3 is 2.90 bits per heavy atom. The molecule has 1 atom stereocenters. The average Bonchev–Trinajstić information content (AvgIpc) is 2.84. The maximum atomic E-state index is 9.82. The van der Waals surface area contributed by atoms with E-state index >= 15 is 0 Å². The maximum Gasteiger partial charge on any atom is 0.0667 e. The number of fused-ring (bicyclic) bond motifs is 1. The first-order valence-electron chi connectivity index (χ1n) is 7.86. The van der Waals surface area contributed by atoms with Crippen molar-refractivity contribution in [3.05, 3.63) is 36.0 Å². The lowest BCUT2D eigenvalue weighted by molar-refractivity contribution is 0.0670. The van der Waals surface area contributed by atoms with Crippen molar-refractivity contribution in [3.63, 3.8) is 0 Å². The molecule has 0 spiro atoms. The summed E-state index contributed by atoms with van der Waals surface area (Å²) in [4.78, 5) is 2.34. The summed E-state index contributed by atoms with van der Waals surface area (Å²) in [5.74, 6) is 0. The van der Waals surface area contributed by atoms with Gasteiger partial charge in [-0.25, -0.2) is 0 Å². The highest BCUT2D eigenvalue weighted by Crippen LogP contribution is 2.24. The van der Waals surface area contributed by atoms with E-state index in [0.29, 0.717) is 0 Å². The lowest BCUT2D eigenvalue weighted by Crippen LogP contribution is -2.37. The SMILES string of the molecule is OCCCn1cc(CN2CCC[C@@H](O)C2)c2ccccc21. The molecule has 0 bridgehead atoms. The van der Waals surface area contributed by atoms with Gasteiger partial charge in [0.05, 0.1) is 6.10 Å². The molecule has 4 heteroatoms. The number of aliphatic hydroxyl groups is 2. The molecule has 0 unspecified atom stereocenters. The van der Waals surface area contributed by atoms with E-state index in [4.69, 9.17) is 5.11 Å². The van der Waals surface area contributed by atoms with Crippen LogP contribution in [0.1, 0.15) is 24.8 Å². The molecule has 4 nitrogen and oxygen atoms in total. The predicted octanol–water partition coefficient (Wildman–Crippen LogP) is 1.98. The largest absolute Gasteiger partial charge is 0.396 e. The van der Waals surface area contributed by atoms with Gasteiger partial charge in [-0.05, 0) is 37.4 Å². The standard InChI is InChI=1S/C17H24N2O2/c20-10-4-9-19-12-14(16-6-1-2-7-17(16)19)11-18-8-3-5-15(21)13-18/h1-2,6-7,12,15,20-21H,3-5,8-11,13H2/t15-/m1/s1. The van der Waals surface area contributed by atoms with Crippen LogP contribution in [0.15, 0.2) is 30.5 Å². The zero-order chi connectivity index (χ0) is 14.7. The molecule has 1 aliphatic rings. The van der Waals surface area contributed by atoms with Gasteiger partial charge < -0.3 is 14.8 Å². The maximum absolute atomic E-state index is 9.82. The van der Waals surface area contributed by atoms with Crippen LogP contribution in [0.3, 0.4) is 0 Å². The van der Waals surface area contributed by atoms with Crippen molar-refractivity contribution in [1.29, 1.82) is 0 Å². The van der Waals surface area contributed by atoms with E-state index in [1.54, 1.807) is 0 Å². The molecule has 0 radical (unpaired) electrons. The molecule has 1 aliphatic heterocycles. The van der Waals surface area contributed by atoms with Gasteiger partial charge in [0.25, 0.3) is 0 Å². The van der Waals surface area contributed by atoms with Gasteiger partial charge in [0, 0.05) is 43.3 Å². The highest BCUT2D eigenvalue weighted by atomic mass is 16.3. The first-order valence-corrected chi connectivity index (χ1v) is 7.86. The fourth-order valence-electron chi connectivity index (χ4n) is 3.29. The van der Waals surface area contributed by atoms with Gasteiger partial charge >= 0.3 is 0 Å². The summed E-state index contributed by atoms with van der Waals surface area (Å²) in [6, 6.07) is 8.45. The summed E-state index contributed by atoms with van der Waals surface area (Å²) >= 11 is 0. The van der Waals surface area contributed by atoms with Crippen molar-refractivity contribution in [1.82, 2.24) is 9.47 Å². The third-order valence-electron chi connectivity index (χ3n) is 4.30. The van der Waals surface area contributed by atoms with Gasteiger partial charge in [-0.1, -0.05) is 18.2 Å². The quantitative estimate of drug-likeness (QED) is 0.884. The van der Waals surface area contributed by atoms with Crippen LogP contribution in [0, 0.1) is 0 Å². The number of rotatable bonds is 5. The lowest BCUT2D eigenvalue weighted by atomic mass is 10.1. The van der Waals surface area contributed by atoms with Crippen LogP contribution in [0.5, 0.6) is 0 Å². The molecular weight excluding hydrogens is 264 g/mol. The van der Waals surface area contributed by atoms with Gasteiger partial charge in [0.2, 0.25) is 0 Å². The van der Waals surface area contributed by atoms with Crippen molar-refractivity contribution < 1.29 is 10.2 Å². The minimum Gasteiger partial charge on any atom is -0.396 e. The van der Waals surface area contributed by atoms with Gasteiger partial charge in [-0.15, -0.1) is 0 Å². The Hall–Kier alpha value is -1.36. The number of benzene rings is 1. The molecule has 1 aromatic carbocycles. The van der Waals surface area contributed by atoms with Crippen molar-refractivity contribution in [3.8, 4) is 0 Å². The van der Waals surface area contributed by atoms with Gasteiger partial charge in [0.1, 0.15) is 0 Å². The number of likely N-dealkylation sites (tertiary alicyclic amines) is 1. The smallest absolute Gasteiger partial charge is 0.0667 e. The van der Waals surface area contributed by atoms with Crippen LogP contribution in [0.25, 0.3) is 10.9 Å². The fraction of sp³-hybridized carbons (Fsp3) is 0.529. The Balaban J connectivity index is 1.84. The van der Waals surface area contributed by atoms with Crippen LogP contribution in [0.2, 0.25) is 0 Å². The predicted molar refractivity (Wildman–Crippen MR) is 84.2 cm³/mol. The third-order valence-corrected chi connectivity index (χ3v) is 4.30. The Morgan fingerprint density at radius 2 is 2.10 bits per heavy atom. The molecule has 3 rings (SSSR count). The van der Waals surface area contributed by atoms with Gasteiger partial charge in [-0.2, -0.15) is 0 Å². The molecule has 0 aliphatic carbocycles. The summed E-state index contributed by atoms with van der Waals surface area (Å²) in [6.07, 6.45) is 4.81. The normalized spacial score (nSPS) is 20.2.